The first-order valence-corrected chi connectivity index (χ1v) is 8.51. The Morgan fingerprint density at radius 3 is 2.84 bits per heavy atom. The average Bonchev–Trinajstić information content (AvgIpc) is 3.22. The largest absolute Gasteiger partial charge is 0.373 e. The van der Waals surface area contributed by atoms with Crippen molar-refractivity contribution in [3.63, 3.8) is 0 Å². The zero-order valence-electron chi connectivity index (χ0n) is 15.2. The van der Waals surface area contributed by atoms with Gasteiger partial charge in [-0.15, -0.1) is 0 Å². The standard InChI is InChI=1S/C17H25N5O3/c1-5-13-8-14(25-19-13)17(23)22-6-7-24-15(11-20(2)3)16(22)12-9-18-21(4)10-12/h8-10,15-16H,5-7,11H2,1-4H3/t15-,16-/m0/s1. The van der Waals surface area contributed by atoms with Gasteiger partial charge in [0.1, 0.15) is 0 Å². The summed E-state index contributed by atoms with van der Waals surface area (Å²) in [5.41, 5.74) is 1.73. The Bertz CT molecular complexity index is 723. The van der Waals surface area contributed by atoms with Crippen LogP contribution in [0.25, 0.3) is 0 Å². The molecule has 8 nitrogen and oxygen atoms in total. The number of carbonyl (C=O) groups excluding carboxylic acids is 1. The summed E-state index contributed by atoms with van der Waals surface area (Å²) < 4.78 is 13.0. The second-order valence-corrected chi connectivity index (χ2v) is 6.60. The molecular weight excluding hydrogens is 322 g/mol. The summed E-state index contributed by atoms with van der Waals surface area (Å²) in [5, 5.41) is 8.20. The molecule has 0 N–H and O–H groups in total. The van der Waals surface area contributed by atoms with E-state index in [9.17, 15) is 4.79 Å². The predicted octanol–water partition coefficient (Wildman–Crippen LogP) is 1.11. The SMILES string of the molecule is CCc1cc(C(=O)N2CCO[C@@H](CN(C)C)[C@@H]2c2cnn(C)c2)on1. The van der Waals surface area contributed by atoms with Crippen LogP contribution >= 0.6 is 0 Å². The molecule has 3 rings (SSSR count). The molecule has 1 aliphatic rings. The van der Waals surface area contributed by atoms with E-state index in [1.165, 1.54) is 0 Å². The topological polar surface area (TPSA) is 76.6 Å². The van der Waals surface area contributed by atoms with E-state index in [-0.39, 0.29) is 23.8 Å². The fraction of sp³-hybridized carbons (Fsp3) is 0.588. The fourth-order valence-corrected chi connectivity index (χ4v) is 3.18. The number of aromatic nitrogens is 3. The van der Waals surface area contributed by atoms with Crippen LogP contribution in [0.3, 0.4) is 0 Å². The van der Waals surface area contributed by atoms with Crippen LogP contribution in [-0.4, -0.2) is 70.5 Å². The number of amides is 1. The number of hydrogen-bond acceptors (Lipinski definition) is 6. The van der Waals surface area contributed by atoms with Crippen molar-refractivity contribution in [1.82, 2.24) is 24.7 Å². The van der Waals surface area contributed by atoms with Gasteiger partial charge in [-0.25, -0.2) is 0 Å². The Balaban J connectivity index is 1.92. The van der Waals surface area contributed by atoms with E-state index in [1.807, 2.05) is 39.2 Å². The lowest BCUT2D eigenvalue weighted by Crippen LogP contribution is -2.51. The molecule has 3 heterocycles. The average molecular weight is 347 g/mol. The molecule has 0 unspecified atom stereocenters. The number of hydrogen-bond donors (Lipinski definition) is 0. The van der Waals surface area contributed by atoms with E-state index in [0.717, 1.165) is 17.7 Å². The van der Waals surface area contributed by atoms with Gasteiger partial charge in [0.25, 0.3) is 5.91 Å². The minimum Gasteiger partial charge on any atom is -0.373 e. The number of morpholine rings is 1. The Kier molecular flexibility index (Phi) is 5.19. The number of carbonyl (C=O) groups is 1. The van der Waals surface area contributed by atoms with Gasteiger partial charge in [-0.1, -0.05) is 12.1 Å². The summed E-state index contributed by atoms with van der Waals surface area (Å²) in [6.07, 6.45) is 4.32. The Hall–Kier alpha value is -2.19. The lowest BCUT2D eigenvalue weighted by Gasteiger charge is -2.41. The van der Waals surface area contributed by atoms with Crippen molar-refractivity contribution in [2.24, 2.45) is 7.05 Å². The van der Waals surface area contributed by atoms with Gasteiger partial charge in [-0.2, -0.15) is 5.10 Å². The van der Waals surface area contributed by atoms with E-state index < -0.39 is 0 Å². The van der Waals surface area contributed by atoms with Crippen LogP contribution in [0.4, 0.5) is 0 Å². The molecule has 0 saturated carbocycles. The van der Waals surface area contributed by atoms with Crippen molar-refractivity contribution in [3.8, 4) is 0 Å². The Morgan fingerprint density at radius 1 is 1.44 bits per heavy atom. The van der Waals surface area contributed by atoms with Gasteiger partial charge in [-0.3, -0.25) is 9.48 Å². The highest BCUT2D eigenvalue weighted by atomic mass is 16.5. The van der Waals surface area contributed by atoms with Crippen LogP contribution < -0.4 is 0 Å². The fourth-order valence-electron chi connectivity index (χ4n) is 3.18. The van der Waals surface area contributed by atoms with Crippen molar-refractivity contribution in [1.29, 1.82) is 0 Å². The Labute approximate surface area is 147 Å². The first kappa shape index (κ1) is 17.6. The molecule has 0 spiro atoms. The zero-order chi connectivity index (χ0) is 18.0. The Morgan fingerprint density at radius 2 is 2.24 bits per heavy atom. The lowest BCUT2D eigenvalue weighted by atomic mass is 10.00. The highest BCUT2D eigenvalue weighted by molar-refractivity contribution is 5.92. The molecule has 136 valence electrons. The third-order valence-electron chi connectivity index (χ3n) is 4.36. The molecule has 2 aromatic heterocycles. The van der Waals surface area contributed by atoms with Crippen molar-refractivity contribution < 1.29 is 14.1 Å². The third-order valence-corrected chi connectivity index (χ3v) is 4.36. The number of likely N-dealkylation sites (N-methyl/N-ethyl adjacent to an activating group) is 1. The molecule has 0 aliphatic carbocycles. The second kappa shape index (κ2) is 7.37. The van der Waals surface area contributed by atoms with E-state index >= 15 is 0 Å². The second-order valence-electron chi connectivity index (χ2n) is 6.60. The minimum atomic E-state index is -0.215. The number of aryl methyl sites for hydroxylation is 2. The molecule has 8 heteroatoms. The number of ether oxygens (including phenoxy) is 1. The lowest BCUT2D eigenvalue weighted by molar-refractivity contribution is -0.0693. The molecule has 1 aliphatic heterocycles. The van der Waals surface area contributed by atoms with E-state index in [4.69, 9.17) is 9.26 Å². The number of rotatable bonds is 5. The van der Waals surface area contributed by atoms with Crippen LogP contribution in [-0.2, 0) is 18.2 Å². The first-order valence-electron chi connectivity index (χ1n) is 8.51. The van der Waals surface area contributed by atoms with Crippen molar-refractivity contribution in [2.75, 3.05) is 33.8 Å². The monoisotopic (exact) mass is 347 g/mol. The van der Waals surface area contributed by atoms with Crippen molar-refractivity contribution >= 4 is 5.91 Å². The van der Waals surface area contributed by atoms with Gasteiger partial charge in [0.05, 0.1) is 30.6 Å². The summed E-state index contributed by atoms with van der Waals surface area (Å²) in [5.74, 6) is 0.115. The van der Waals surface area contributed by atoms with E-state index in [0.29, 0.717) is 19.7 Å². The van der Waals surface area contributed by atoms with Gasteiger partial charge in [0, 0.05) is 38.0 Å². The van der Waals surface area contributed by atoms with Crippen LogP contribution in [0, 0.1) is 0 Å². The smallest absolute Gasteiger partial charge is 0.293 e. The maximum Gasteiger partial charge on any atom is 0.293 e. The number of nitrogens with zero attached hydrogens (tertiary/aromatic N) is 5. The third kappa shape index (κ3) is 3.74. The van der Waals surface area contributed by atoms with Crippen LogP contribution in [0.5, 0.6) is 0 Å². The molecule has 1 fully saturated rings. The maximum absolute atomic E-state index is 13.0. The predicted molar refractivity (Wildman–Crippen MR) is 91.2 cm³/mol. The maximum atomic E-state index is 13.0. The van der Waals surface area contributed by atoms with E-state index in [2.05, 4.69) is 15.2 Å². The summed E-state index contributed by atoms with van der Waals surface area (Å²) in [6.45, 7) is 3.69. The highest BCUT2D eigenvalue weighted by Crippen LogP contribution is 2.31. The van der Waals surface area contributed by atoms with Gasteiger partial charge >= 0.3 is 0 Å². The molecule has 0 aromatic carbocycles. The van der Waals surface area contributed by atoms with Crippen molar-refractivity contribution in [2.45, 2.75) is 25.5 Å². The summed E-state index contributed by atoms with van der Waals surface area (Å²) in [4.78, 5) is 16.9. The molecule has 1 saturated heterocycles. The van der Waals surface area contributed by atoms with Crippen LogP contribution in [0.2, 0.25) is 0 Å². The van der Waals surface area contributed by atoms with E-state index in [1.54, 1.807) is 16.9 Å². The van der Waals surface area contributed by atoms with Gasteiger partial charge in [0.2, 0.25) is 5.76 Å². The van der Waals surface area contributed by atoms with Crippen LogP contribution in [0.15, 0.2) is 23.0 Å². The molecule has 2 atom stereocenters. The van der Waals surface area contributed by atoms with Gasteiger partial charge < -0.3 is 19.1 Å². The summed E-state index contributed by atoms with van der Waals surface area (Å²) in [7, 11) is 5.85. The quantitative estimate of drug-likeness (QED) is 0.807. The molecule has 0 bridgehead atoms. The molecule has 25 heavy (non-hydrogen) atoms. The molecule has 0 radical (unpaired) electrons. The zero-order valence-corrected chi connectivity index (χ0v) is 15.2. The van der Waals surface area contributed by atoms with Crippen molar-refractivity contribution in [3.05, 3.63) is 35.5 Å². The minimum absolute atomic E-state index is 0.134. The first-order chi connectivity index (χ1) is 12.0. The normalized spacial score (nSPS) is 21.1. The van der Waals surface area contributed by atoms with Crippen LogP contribution in [0.1, 0.15) is 34.8 Å². The molecule has 2 aromatic rings. The summed E-state index contributed by atoms with van der Waals surface area (Å²) in [6, 6.07) is 1.51. The molecule has 1 amide bonds. The molecular formula is C17H25N5O3. The summed E-state index contributed by atoms with van der Waals surface area (Å²) >= 11 is 0. The van der Waals surface area contributed by atoms with Gasteiger partial charge in [-0.05, 0) is 20.5 Å². The highest BCUT2D eigenvalue weighted by Gasteiger charge is 2.38. The van der Waals surface area contributed by atoms with Gasteiger partial charge in [0.15, 0.2) is 0 Å².